The van der Waals surface area contributed by atoms with Crippen LogP contribution in [-0.4, -0.2) is 65.3 Å². The molecule has 1 unspecified atom stereocenters. The maximum absolute atomic E-state index is 12.2. The van der Waals surface area contributed by atoms with Crippen LogP contribution in [0, 0.1) is 10.1 Å². The number of hydrogen-bond acceptors (Lipinski definition) is 5. The number of nitrogens with zero attached hydrogens (tertiary/aromatic N) is 3. The molecule has 110 valence electrons. The van der Waals surface area contributed by atoms with E-state index in [4.69, 9.17) is 0 Å². The number of aromatic nitrogens is 1. The van der Waals surface area contributed by atoms with E-state index in [9.17, 15) is 14.9 Å². The van der Waals surface area contributed by atoms with E-state index in [1.54, 1.807) is 0 Å². The van der Waals surface area contributed by atoms with E-state index in [2.05, 4.69) is 14.8 Å². The van der Waals surface area contributed by atoms with E-state index in [1.807, 2.05) is 14.1 Å². The first-order valence-electron chi connectivity index (χ1n) is 6.72. The minimum atomic E-state index is -0.502. The lowest BCUT2D eigenvalue weighted by Crippen LogP contribution is -2.40. The molecule has 0 saturated carbocycles. The molecular weight excluding hydrogens is 260 g/mol. The summed E-state index contributed by atoms with van der Waals surface area (Å²) in [6.07, 6.45) is 3.45. The summed E-state index contributed by atoms with van der Waals surface area (Å²) in [5.41, 5.74) is 0.242. The van der Waals surface area contributed by atoms with Crippen LogP contribution in [0.4, 0.5) is 5.69 Å². The van der Waals surface area contributed by atoms with E-state index < -0.39 is 4.92 Å². The number of nitrogens with one attached hydrogen (secondary N) is 1. The van der Waals surface area contributed by atoms with Crippen LogP contribution in [0.15, 0.2) is 12.3 Å². The first kappa shape index (κ1) is 14.7. The number of aromatic amines is 1. The normalized spacial score (nSPS) is 19.6. The number of likely N-dealkylation sites (tertiary alicyclic amines) is 1. The number of Topliss-reactive ketones (excluding diaryl/α,β-unsaturated/α-hetero) is 1. The van der Waals surface area contributed by atoms with Gasteiger partial charge in [0.2, 0.25) is 0 Å². The number of H-pyrrole nitrogens is 1. The topological polar surface area (TPSA) is 82.5 Å². The molecule has 20 heavy (non-hydrogen) atoms. The van der Waals surface area contributed by atoms with Crippen LogP contribution in [-0.2, 0) is 0 Å². The van der Waals surface area contributed by atoms with Crippen LogP contribution in [0.5, 0.6) is 0 Å². The molecule has 1 atom stereocenters. The molecule has 1 saturated heterocycles. The summed E-state index contributed by atoms with van der Waals surface area (Å²) in [6.45, 7) is 2.15. The van der Waals surface area contributed by atoms with Crippen LogP contribution in [0.2, 0.25) is 0 Å². The molecule has 2 rings (SSSR count). The summed E-state index contributed by atoms with van der Waals surface area (Å²) >= 11 is 0. The highest BCUT2D eigenvalue weighted by Crippen LogP contribution is 2.19. The van der Waals surface area contributed by atoms with Gasteiger partial charge in [0.25, 0.3) is 5.69 Å². The second-order valence-corrected chi connectivity index (χ2v) is 5.48. The third-order valence-electron chi connectivity index (χ3n) is 3.60. The average molecular weight is 280 g/mol. The number of likely N-dealkylation sites (N-methyl/N-ethyl adjacent to an activating group) is 1. The Morgan fingerprint density at radius 1 is 1.60 bits per heavy atom. The van der Waals surface area contributed by atoms with Crippen molar-refractivity contribution in [2.24, 2.45) is 0 Å². The number of carbonyl (C=O) groups excluding carboxylic acids is 1. The Labute approximate surface area is 117 Å². The third-order valence-corrected chi connectivity index (χ3v) is 3.60. The van der Waals surface area contributed by atoms with Crippen molar-refractivity contribution in [3.05, 3.63) is 28.1 Å². The van der Waals surface area contributed by atoms with Gasteiger partial charge in [-0.1, -0.05) is 0 Å². The van der Waals surface area contributed by atoms with Gasteiger partial charge in [-0.3, -0.25) is 19.8 Å². The molecule has 1 fully saturated rings. The van der Waals surface area contributed by atoms with Gasteiger partial charge in [-0.25, -0.2) is 0 Å². The van der Waals surface area contributed by atoms with E-state index in [0.717, 1.165) is 25.9 Å². The Hall–Kier alpha value is -1.73. The number of ketones is 1. The van der Waals surface area contributed by atoms with Crippen molar-refractivity contribution >= 4 is 11.5 Å². The summed E-state index contributed by atoms with van der Waals surface area (Å²) < 4.78 is 0. The van der Waals surface area contributed by atoms with Crippen molar-refractivity contribution < 1.29 is 9.72 Å². The second-order valence-electron chi connectivity index (χ2n) is 5.48. The highest BCUT2D eigenvalue weighted by atomic mass is 16.6. The molecule has 1 aliphatic rings. The third kappa shape index (κ3) is 3.43. The zero-order valence-corrected chi connectivity index (χ0v) is 11.8. The summed E-state index contributed by atoms with van der Waals surface area (Å²) in [5, 5.41) is 10.6. The fourth-order valence-corrected chi connectivity index (χ4v) is 2.65. The number of rotatable bonds is 6. The summed E-state index contributed by atoms with van der Waals surface area (Å²) in [6, 6.07) is 1.69. The fraction of sp³-hybridized carbons (Fsp3) is 0.615. The lowest BCUT2D eigenvalue weighted by molar-refractivity contribution is -0.384. The Kier molecular flexibility index (Phi) is 4.51. The first-order valence-corrected chi connectivity index (χ1v) is 6.72. The monoisotopic (exact) mass is 280 g/mol. The van der Waals surface area contributed by atoms with Crippen LogP contribution in [0.3, 0.4) is 0 Å². The molecule has 1 aliphatic heterocycles. The van der Waals surface area contributed by atoms with Crippen LogP contribution in [0.25, 0.3) is 0 Å². The highest BCUT2D eigenvalue weighted by molar-refractivity contribution is 5.96. The Morgan fingerprint density at radius 3 is 2.95 bits per heavy atom. The molecule has 0 bridgehead atoms. The van der Waals surface area contributed by atoms with Crippen LogP contribution < -0.4 is 0 Å². The van der Waals surface area contributed by atoms with Crippen molar-refractivity contribution in [3.63, 3.8) is 0 Å². The van der Waals surface area contributed by atoms with Gasteiger partial charge < -0.3 is 9.88 Å². The van der Waals surface area contributed by atoms with Gasteiger partial charge in [0.15, 0.2) is 5.78 Å². The Bertz CT molecular complexity index is 498. The van der Waals surface area contributed by atoms with Gasteiger partial charge in [-0.05, 0) is 33.5 Å². The Balaban J connectivity index is 1.97. The van der Waals surface area contributed by atoms with Gasteiger partial charge in [0.05, 0.1) is 23.4 Å². The minimum absolute atomic E-state index is 0.0698. The molecule has 0 aromatic carbocycles. The zero-order valence-electron chi connectivity index (χ0n) is 11.8. The van der Waals surface area contributed by atoms with Gasteiger partial charge in [0, 0.05) is 18.7 Å². The predicted molar refractivity (Wildman–Crippen MR) is 74.9 cm³/mol. The molecule has 0 aliphatic carbocycles. The first-order chi connectivity index (χ1) is 9.47. The Morgan fingerprint density at radius 2 is 2.35 bits per heavy atom. The molecule has 1 N–H and O–H groups in total. The number of carbonyl (C=O) groups is 1. The predicted octanol–water partition coefficient (Wildman–Crippen LogP) is 1.13. The smallest absolute Gasteiger partial charge is 0.287 e. The second kappa shape index (κ2) is 6.15. The fourth-order valence-electron chi connectivity index (χ4n) is 2.65. The molecular formula is C13H20N4O3. The summed E-state index contributed by atoms with van der Waals surface area (Å²) in [5.74, 6) is -0.0937. The molecule has 0 spiro atoms. The van der Waals surface area contributed by atoms with Crippen molar-refractivity contribution in [3.8, 4) is 0 Å². The molecule has 2 heterocycles. The zero-order chi connectivity index (χ0) is 14.7. The van der Waals surface area contributed by atoms with Crippen LogP contribution >= 0.6 is 0 Å². The molecule has 1 aromatic rings. The van der Waals surface area contributed by atoms with Crippen molar-refractivity contribution in [2.75, 3.05) is 33.7 Å². The minimum Gasteiger partial charge on any atom is -0.353 e. The molecule has 7 heteroatoms. The van der Waals surface area contributed by atoms with Crippen LogP contribution in [0.1, 0.15) is 23.3 Å². The number of nitro groups is 1. The summed E-state index contributed by atoms with van der Waals surface area (Å²) in [7, 11) is 4.04. The van der Waals surface area contributed by atoms with E-state index in [1.165, 1.54) is 12.3 Å². The van der Waals surface area contributed by atoms with E-state index >= 15 is 0 Å². The average Bonchev–Trinajstić information content (AvgIpc) is 2.98. The highest BCUT2D eigenvalue weighted by Gasteiger charge is 2.27. The number of hydrogen-bond donors (Lipinski definition) is 1. The lowest BCUT2D eigenvalue weighted by atomic mass is 10.2. The van der Waals surface area contributed by atoms with Gasteiger partial charge >= 0.3 is 0 Å². The quantitative estimate of drug-likeness (QED) is 0.480. The van der Waals surface area contributed by atoms with Crippen molar-refractivity contribution in [1.82, 2.24) is 14.8 Å². The molecule has 0 radical (unpaired) electrons. The van der Waals surface area contributed by atoms with Gasteiger partial charge in [-0.15, -0.1) is 0 Å². The maximum Gasteiger partial charge on any atom is 0.287 e. The SMILES string of the molecule is CN(C)CC1CCCN1CC(=O)c1cc([N+](=O)[O-])c[nH]1. The van der Waals surface area contributed by atoms with E-state index in [-0.39, 0.29) is 11.5 Å². The van der Waals surface area contributed by atoms with Gasteiger partial charge in [-0.2, -0.15) is 0 Å². The summed E-state index contributed by atoms with van der Waals surface area (Å²) in [4.78, 5) is 29.2. The largest absolute Gasteiger partial charge is 0.353 e. The maximum atomic E-state index is 12.2. The standard InChI is InChI=1S/C13H20N4O3/c1-15(2)8-10-4-3-5-16(10)9-13(18)12-6-11(7-14-12)17(19)20/h6-7,10,14H,3-5,8-9H2,1-2H3. The molecule has 7 nitrogen and oxygen atoms in total. The molecule has 0 amide bonds. The van der Waals surface area contributed by atoms with Crippen molar-refractivity contribution in [2.45, 2.75) is 18.9 Å². The van der Waals surface area contributed by atoms with Crippen molar-refractivity contribution in [1.29, 1.82) is 0 Å². The van der Waals surface area contributed by atoms with E-state index in [0.29, 0.717) is 18.3 Å². The van der Waals surface area contributed by atoms with Gasteiger partial charge in [0.1, 0.15) is 0 Å². The lowest BCUT2D eigenvalue weighted by Gasteiger charge is -2.26. The molecule has 1 aromatic heterocycles.